The average molecular weight is 457 g/mol. The van der Waals surface area contributed by atoms with Crippen molar-refractivity contribution in [1.29, 1.82) is 0 Å². The van der Waals surface area contributed by atoms with E-state index in [-0.39, 0.29) is 11.8 Å². The molecular weight excluding hydrogens is 436 g/mol. The van der Waals surface area contributed by atoms with E-state index >= 15 is 0 Å². The summed E-state index contributed by atoms with van der Waals surface area (Å²) < 4.78 is 34.6. The molecule has 11 heteroatoms. The van der Waals surface area contributed by atoms with Crippen LogP contribution in [0, 0.1) is 11.6 Å². The van der Waals surface area contributed by atoms with E-state index in [1.165, 1.54) is 0 Å². The summed E-state index contributed by atoms with van der Waals surface area (Å²) in [4.78, 5) is 23.5. The van der Waals surface area contributed by atoms with Gasteiger partial charge in [0.25, 0.3) is 0 Å². The minimum atomic E-state index is -0.934. The minimum Gasteiger partial charge on any atom is -0.488 e. The number of benzene rings is 2. The molecule has 4 rings (SSSR count). The number of hydrogen-bond acceptors (Lipinski definition) is 5. The lowest BCUT2D eigenvalue weighted by molar-refractivity contribution is -0.139. The number of rotatable bonds is 6. The monoisotopic (exact) mass is 457 g/mol. The second-order valence-electron chi connectivity index (χ2n) is 7.53. The highest BCUT2D eigenvalue weighted by Gasteiger charge is 2.31. The van der Waals surface area contributed by atoms with Crippen molar-refractivity contribution in [3.05, 3.63) is 60.3 Å². The smallest absolute Gasteiger partial charge is 0.323 e. The van der Waals surface area contributed by atoms with Gasteiger partial charge in [-0.1, -0.05) is 0 Å². The van der Waals surface area contributed by atoms with Gasteiger partial charge in [-0.3, -0.25) is 9.48 Å². The van der Waals surface area contributed by atoms with Crippen LogP contribution in [0.5, 0.6) is 5.75 Å². The van der Waals surface area contributed by atoms with E-state index in [1.807, 2.05) is 0 Å². The zero-order chi connectivity index (χ0) is 23.5. The molecule has 0 aliphatic carbocycles. The van der Waals surface area contributed by atoms with Crippen molar-refractivity contribution >= 4 is 23.4 Å². The third-order valence-corrected chi connectivity index (χ3v) is 5.20. The third-order valence-electron chi connectivity index (χ3n) is 5.20. The van der Waals surface area contributed by atoms with Crippen molar-refractivity contribution in [3.63, 3.8) is 0 Å². The van der Waals surface area contributed by atoms with E-state index in [0.717, 1.165) is 12.1 Å². The molecule has 0 spiro atoms. The highest BCUT2D eigenvalue weighted by atomic mass is 19.1. The number of nitrogens with zero attached hydrogens (tertiary/aromatic N) is 2. The zero-order valence-corrected chi connectivity index (χ0v) is 17.5. The van der Waals surface area contributed by atoms with E-state index < -0.39 is 29.7 Å². The number of carboxylic acids is 1. The Bertz CT molecular complexity index is 1200. The Morgan fingerprint density at radius 2 is 2.00 bits per heavy atom. The van der Waals surface area contributed by atoms with Gasteiger partial charge in [-0.25, -0.2) is 13.6 Å². The van der Waals surface area contributed by atoms with Crippen LogP contribution >= 0.6 is 0 Å². The topological polar surface area (TPSA) is 118 Å². The lowest BCUT2D eigenvalue weighted by atomic mass is 10.1. The Morgan fingerprint density at radius 3 is 2.67 bits per heavy atom. The molecule has 33 heavy (non-hydrogen) atoms. The van der Waals surface area contributed by atoms with E-state index in [9.17, 15) is 23.5 Å². The molecule has 2 aromatic carbocycles. The first-order chi connectivity index (χ1) is 15.8. The van der Waals surface area contributed by atoms with Gasteiger partial charge < -0.3 is 25.8 Å². The largest absolute Gasteiger partial charge is 0.488 e. The molecule has 9 nitrogen and oxygen atoms in total. The number of aromatic nitrogens is 2. The van der Waals surface area contributed by atoms with Crippen LogP contribution in [0.15, 0.2) is 48.7 Å². The van der Waals surface area contributed by atoms with Crippen LogP contribution < -0.4 is 20.7 Å². The normalized spacial score (nSPS) is 17.5. The first-order valence-corrected chi connectivity index (χ1v) is 10.1. The molecule has 3 aromatic rings. The number of nitrogens with one attached hydrogen (secondary N) is 3. The highest BCUT2D eigenvalue weighted by Crippen LogP contribution is 2.34. The maximum atomic E-state index is 13.8. The van der Waals surface area contributed by atoms with Gasteiger partial charge in [-0.2, -0.15) is 5.10 Å². The first kappa shape index (κ1) is 22.2. The summed E-state index contributed by atoms with van der Waals surface area (Å²) >= 11 is 0. The molecule has 0 radical (unpaired) electrons. The molecule has 1 fully saturated rings. The lowest BCUT2D eigenvalue weighted by Gasteiger charge is -2.18. The number of carbonyl (C=O) groups is 2. The molecule has 1 aliphatic rings. The van der Waals surface area contributed by atoms with Gasteiger partial charge in [0.2, 0.25) is 0 Å². The van der Waals surface area contributed by atoms with Crippen LogP contribution in [0.2, 0.25) is 0 Å². The molecule has 1 aromatic heterocycles. The minimum absolute atomic E-state index is 0.164. The molecule has 1 aliphatic heterocycles. The number of ether oxygens (including phenoxy) is 1. The van der Waals surface area contributed by atoms with Gasteiger partial charge in [-0.15, -0.1) is 0 Å². The molecule has 2 atom stereocenters. The Kier molecular flexibility index (Phi) is 6.22. The number of hydrogen-bond donors (Lipinski definition) is 4. The SMILES string of the molecule is Cn1nccc1-c1cc(NC(=O)Nc2ccc(F)cc2F)ccc1O[C@@H]1CN[C@H](C(=O)O)C1. The second kappa shape index (κ2) is 9.25. The predicted molar refractivity (Wildman–Crippen MR) is 116 cm³/mol. The summed E-state index contributed by atoms with van der Waals surface area (Å²) in [5.41, 5.74) is 1.56. The van der Waals surface area contributed by atoms with Gasteiger partial charge in [0, 0.05) is 43.5 Å². The maximum Gasteiger partial charge on any atom is 0.323 e. The average Bonchev–Trinajstić information content (AvgIpc) is 3.40. The van der Waals surface area contributed by atoms with Gasteiger partial charge in [-0.05, 0) is 36.4 Å². The van der Waals surface area contributed by atoms with Crippen LogP contribution in [0.1, 0.15) is 6.42 Å². The third kappa shape index (κ3) is 5.09. The van der Waals surface area contributed by atoms with Crippen molar-refractivity contribution in [2.75, 3.05) is 17.2 Å². The molecule has 0 saturated carbocycles. The Labute approximate surface area is 187 Å². The van der Waals surface area contributed by atoms with Crippen LogP contribution in [0.25, 0.3) is 11.3 Å². The van der Waals surface area contributed by atoms with Gasteiger partial charge >= 0.3 is 12.0 Å². The molecular formula is C22H21F2N5O4. The summed E-state index contributed by atoms with van der Waals surface area (Å²) in [5.74, 6) is -2.08. The van der Waals surface area contributed by atoms with E-state index in [2.05, 4.69) is 21.0 Å². The van der Waals surface area contributed by atoms with Crippen molar-refractivity contribution in [2.24, 2.45) is 7.05 Å². The van der Waals surface area contributed by atoms with E-state index in [4.69, 9.17) is 4.74 Å². The fourth-order valence-electron chi connectivity index (χ4n) is 3.59. The Hall–Kier alpha value is -3.99. The number of aryl methyl sites for hydroxylation is 1. The molecule has 2 amide bonds. The number of urea groups is 1. The van der Waals surface area contributed by atoms with Gasteiger partial charge in [0.15, 0.2) is 0 Å². The number of amides is 2. The van der Waals surface area contributed by atoms with Gasteiger partial charge in [0.05, 0.1) is 11.4 Å². The Morgan fingerprint density at radius 1 is 1.18 bits per heavy atom. The van der Waals surface area contributed by atoms with Crippen LogP contribution in [-0.2, 0) is 11.8 Å². The number of carbonyl (C=O) groups excluding carboxylic acids is 1. The Balaban J connectivity index is 1.54. The van der Waals surface area contributed by atoms with Crippen molar-refractivity contribution < 1.29 is 28.2 Å². The summed E-state index contributed by atoms with van der Waals surface area (Å²) in [7, 11) is 1.75. The summed E-state index contributed by atoms with van der Waals surface area (Å²) in [6, 6.07) is 8.16. The number of halogens is 2. The summed E-state index contributed by atoms with van der Waals surface area (Å²) in [5, 5.41) is 21.2. The van der Waals surface area contributed by atoms with Gasteiger partial charge in [0.1, 0.15) is 29.5 Å². The second-order valence-corrected chi connectivity index (χ2v) is 7.53. The first-order valence-electron chi connectivity index (χ1n) is 10.1. The molecule has 0 bridgehead atoms. The van der Waals surface area contributed by atoms with Crippen LogP contribution in [0.4, 0.5) is 25.0 Å². The number of aliphatic carboxylic acids is 1. The zero-order valence-electron chi connectivity index (χ0n) is 17.5. The fraction of sp³-hybridized carbons (Fsp3) is 0.227. The fourth-order valence-corrected chi connectivity index (χ4v) is 3.59. The van der Waals surface area contributed by atoms with Crippen LogP contribution in [-0.4, -0.2) is 45.6 Å². The molecule has 4 N–H and O–H groups in total. The molecule has 172 valence electrons. The predicted octanol–water partition coefficient (Wildman–Crippen LogP) is 3.20. The molecule has 2 heterocycles. The quantitative estimate of drug-likeness (QED) is 0.452. The number of anilines is 2. The van der Waals surface area contributed by atoms with E-state index in [0.29, 0.717) is 41.7 Å². The number of carboxylic acid groups (broad SMARTS) is 1. The van der Waals surface area contributed by atoms with Crippen molar-refractivity contribution in [2.45, 2.75) is 18.6 Å². The van der Waals surface area contributed by atoms with E-state index in [1.54, 1.807) is 42.2 Å². The van der Waals surface area contributed by atoms with Crippen molar-refractivity contribution in [1.82, 2.24) is 15.1 Å². The highest BCUT2D eigenvalue weighted by molar-refractivity contribution is 6.00. The summed E-state index contributed by atoms with van der Waals surface area (Å²) in [6.07, 6.45) is 1.58. The molecule has 0 unspecified atom stereocenters. The van der Waals surface area contributed by atoms with Crippen molar-refractivity contribution in [3.8, 4) is 17.0 Å². The lowest BCUT2D eigenvalue weighted by Crippen LogP contribution is -2.30. The molecule has 1 saturated heterocycles. The van der Waals surface area contributed by atoms with Crippen LogP contribution in [0.3, 0.4) is 0 Å². The maximum absolute atomic E-state index is 13.8. The standard InChI is InChI=1S/C22H21F2N5O4/c1-29-19(6-7-26-29)15-9-13(27-22(32)28-17-4-2-12(23)8-16(17)24)3-5-20(15)33-14-10-18(21(30)31)25-11-14/h2-9,14,18,25H,10-11H2,1H3,(H,30,31)(H2,27,28,32)/t14-,18-/m0/s1. The summed E-state index contributed by atoms with van der Waals surface area (Å²) in [6.45, 7) is 0.382.